The minimum Gasteiger partial charge on any atom is -0.463 e. The van der Waals surface area contributed by atoms with E-state index in [1.807, 2.05) is 6.92 Å². The van der Waals surface area contributed by atoms with Crippen molar-refractivity contribution < 1.29 is 28.4 Å². The third-order valence-electron chi connectivity index (χ3n) is 4.69. The summed E-state index contributed by atoms with van der Waals surface area (Å²) in [5, 5.41) is 9.53. The van der Waals surface area contributed by atoms with Gasteiger partial charge in [-0.15, -0.1) is 0 Å². The number of ether oxygens (including phenoxy) is 2. The van der Waals surface area contributed by atoms with Gasteiger partial charge in [0.15, 0.2) is 0 Å². The highest BCUT2D eigenvalue weighted by Gasteiger charge is 2.32. The van der Waals surface area contributed by atoms with Gasteiger partial charge in [0.05, 0.1) is 28.9 Å². The Hall–Kier alpha value is -3.33. The van der Waals surface area contributed by atoms with E-state index in [0.29, 0.717) is 17.0 Å². The maximum absolute atomic E-state index is 12.9. The first-order chi connectivity index (χ1) is 14.9. The Balaban J connectivity index is 1.89. The molecule has 0 aliphatic carbocycles. The van der Waals surface area contributed by atoms with Crippen LogP contribution in [0.3, 0.4) is 0 Å². The molecule has 3 rings (SSSR count). The second-order valence-electron chi connectivity index (χ2n) is 6.69. The monoisotopic (exact) mass is 447 g/mol. The van der Waals surface area contributed by atoms with Crippen LogP contribution < -0.4 is 10.6 Å². The second kappa shape index (κ2) is 9.65. The van der Waals surface area contributed by atoms with Crippen LogP contribution >= 0.6 is 11.6 Å². The molecule has 0 bridgehead atoms. The lowest BCUT2D eigenvalue weighted by atomic mass is 10.0. The Morgan fingerprint density at radius 3 is 2.61 bits per heavy atom. The molecule has 2 heterocycles. The third kappa shape index (κ3) is 4.72. The molecule has 0 saturated carbocycles. The molecule has 1 aliphatic heterocycles. The van der Waals surface area contributed by atoms with Gasteiger partial charge in [-0.25, -0.2) is 14.4 Å². The van der Waals surface area contributed by atoms with Gasteiger partial charge in [0.2, 0.25) is 0 Å². The highest BCUT2D eigenvalue weighted by atomic mass is 35.5. The zero-order valence-corrected chi connectivity index (χ0v) is 18.0. The second-order valence-corrected chi connectivity index (χ2v) is 7.10. The molecule has 2 N–H and O–H groups in total. The first kappa shape index (κ1) is 22.4. The zero-order valence-electron chi connectivity index (χ0n) is 17.3. The van der Waals surface area contributed by atoms with Gasteiger partial charge in [-0.1, -0.05) is 41.9 Å². The molecular formula is C21H22ClN3O6. The first-order valence-corrected chi connectivity index (χ1v) is 10.1. The number of halogens is 1. The Kier molecular flexibility index (Phi) is 6.96. The average Bonchev–Trinajstić information content (AvgIpc) is 3.13. The minimum absolute atomic E-state index is 0.110. The van der Waals surface area contributed by atoms with Crippen molar-refractivity contribution in [1.82, 2.24) is 15.8 Å². The highest BCUT2D eigenvalue weighted by Crippen LogP contribution is 2.31. The molecular weight excluding hydrogens is 426 g/mol. The van der Waals surface area contributed by atoms with Crippen LogP contribution in [0.4, 0.5) is 4.79 Å². The number of aromatic nitrogens is 1. The van der Waals surface area contributed by atoms with Gasteiger partial charge in [-0.2, -0.15) is 0 Å². The molecule has 164 valence electrons. The van der Waals surface area contributed by atoms with E-state index in [0.717, 1.165) is 0 Å². The van der Waals surface area contributed by atoms with E-state index < -0.39 is 24.0 Å². The molecule has 1 aromatic carbocycles. The summed E-state index contributed by atoms with van der Waals surface area (Å²) < 4.78 is 15.7. The Labute approximate surface area is 183 Å². The van der Waals surface area contributed by atoms with Crippen LogP contribution in [-0.2, 0) is 14.3 Å². The number of amides is 2. The Morgan fingerprint density at radius 1 is 1.19 bits per heavy atom. The van der Waals surface area contributed by atoms with E-state index in [9.17, 15) is 14.4 Å². The van der Waals surface area contributed by atoms with Gasteiger partial charge in [0.1, 0.15) is 23.6 Å². The van der Waals surface area contributed by atoms with Crippen LogP contribution in [-0.4, -0.2) is 42.4 Å². The van der Waals surface area contributed by atoms with Crippen LogP contribution in [0, 0.1) is 6.92 Å². The summed E-state index contributed by atoms with van der Waals surface area (Å²) in [6.07, 6.45) is 0.459. The van der Waals surface area contributed by atoms with Crippen LogP contribution in [0.15, 0.2) is 40.1 Å². The Morgan fingerprint density at radius 2 is 1.94 bits per heavy atom. The summed E-state index contributed by atoms with van der Waals surface area (Å²) in [7, 11) is 0. The number of nitrogens with one attached hydrogen (secondary N) is 2. The fourth-order valence-electron chi connectivity index (χ4n) is 3.24. The van der Waals surface area contributed by atoms with E-state index in [1.165, 1.54) is 0 Å². The maximum Gasteiger partial charge on any atom is 0.344 e. The number of rotatable bonds is 7. The lowest BCUT2D eigenvalue weighted by Gasteiger charge is -2.28. The number of aryl methyl sites for hydroxylation is 1. The van der Waals surface area contributed by atoms with Crippen molar-refractivity contribution in [3.63, 3.8) is 0 Å². The minimum atomic E-state index is -0.731. The number of hydrogen-bond acceptors (Lipinski definition) is 7. The Bertz CT molecular complexity index is 1050. The van der Waals surface area contributed by atoms with Crippen molar-refractivity contribution in [2.45, 2.75) is 33.2 Å². The summed E-state index contributed by atoms with van der Waals surface area (Å²) in [4.78, 5) is 37.3. The third-order valence-corrected chi connectivity index (χ3v) is 5.02. The van der Waals surface area contributed by atoms with E-state index in [1.54, 1.807) is 38.1 Å². The standard InChI is InChI=1S/C21H22ClN3O6/c1-4-14-17(20(27)29-5-2)15(24-21(28)23-14)10-30-19(26)16-11(3)31-25-18(16)12-8-6-7-9-13(12)22/h6-9,14H,4-5,10H2,1-3H3,(H2,23,24,28). The van der Waals surface area contributed by atoms with Crippen molar-refractivity contribution in [3.05, 3.63) is 51.9 Å². The lowest BCUT2D eigenvalue weighted by molar-refractivity contribution is -0.139. The summed E-state index contributed by atoms with van der Waals surface area (Å²) >= 11 is 6.23. The summed E-state index contributed by atoms with van der Waals surface area (Å²) in [5.41, 5.74) is 1.24. The van der Waals surface area contributed by atoms with Crippen molar-refractivity contribution in [1.29, 1.82) is 0 Å². The van der Waals surface area contributed by atoms with E-state index in [4.69, 9.17) is 25.6 Å². The highest BCUT2D eigenvalue weighted by molar-refractivity contribution is 6.33. The summed E-state index contributed by atoms with van der Waals surface area (Å²) in [5.74, 6) is -1.07. The molecule has 2 amide bonds. The SMILES string of the molecule is CCOC(=O)C1=C(COC(=O)c2c(-c3ccccc3Cl)noc2C)NC(=O)NC1CC. The van der Waals surface area contributed by atoms with E-state index >= 15 is 0 Å². The van der Waals surface area contributed by atoms with Gasteiger partial charge in [0.25, 0.3) is 0 Å². The number of carbonyl (C=O) groups excluding carboxylic acids is 3. The van der Waals surface area contributed by atoms with Crippen LogP contribution in [0.2, 0.25) is 5.02 Å². The normalized spacial score (nSPS) is 15.9. The van der Waals surface area contributed by atoms with E-state index in [-0.39, 0.29) is 41.5 Å². The van der Waals surface area contributed by atoms with Crippen LogP contribution in [0.25, 0.3) is 11.3 Å². The van der Waals surface area contributed by atoms with Gasteiger partial charge < -0.3 is 24.6 Å². The van der Waals surface area contributed by atoms with Crippen LogP contribution in [0.5, 0.6) is 0 Å². The molecule has 9 nitrogen and oxygen atoms in total. The fourth-order valence-corrected chi connectivity index (χ4v) is 3.46. The summed E-state index contributed by atoms with van der Waals surface area (Å²) in [6.45, 7) is 4.89. The summed E-state index contributed by atoms with van der Waals surface area (Å²) in [6, 6.07) is 5.83. The van der Waals surface area contributed by atoms with Crippen molar-refractivity contribution >= 4 is 29.6 Å². The maximum atomic E-state index is 12.9. The number of esters is 2. The predicted octanol–water partition coefficient (Wildman–Crippen LogP) is 3.37. The molecule has 0 fully saturated rings. The number of benzene rings is 1. The van der Waals surface area contributed by atoms with Crippen LogP contribution in [0.1, 0.15) is 36.4 Å². The van der Waals surface area contributed by atoms with Crippen molar-refractivity contribution in [2.24, 2.45) is 0 Å². The average molecular weight is 448 g/mol. The first-order valence-electron chi connectivity index (χ1n) is 9.73. The molecule has 1 unspecified atom stereocenters. The zero-order chi connectivity index (χ0) is 22.5. The number of nitrogens with zero attached hydrogens (tertiary/aromatic N) is 1. The molecule has 31 heavy (non-hydrogen) atoms. The van der Waals surface area contributed by atoms with Gasteiger partial charge in [-0.3, -0.25) is 0 Å². The lowest BCUT2D eigenvalue weighted by Crippen LogP contribution is -2.51. The van der Waals surface area contributed by atoms with Gasteiger partial charge in [-0.05, 0) is 26.3 Å². The molecule has 1 atom stereocenters. The largest absolute Gasteiger partial charge is 0.463 e. The molecule has 2 aromatic rings. The van der Waals surface area contributed by atoms with Crippen molar-refractivity contribution in [3.8, 4) is 11.3 Å². The number of urea groups is 1. The molecule has 1 aliphatic rings. The number of carbonyl (C=O) groups is 3. The molecule has 1 aromatic heterocycles. The quantitative estimate of drug-likeness (QED) is 0.624. The molecule has 0 radical (unpaired) electrons. The molecule has 0 saturated heterocycles. The van der Waals surface area contributed by atoms with Gasteiger partial charge in [0, 0.05) is 5.56 Å². The smallest absolute Gasteiger partial charge is 0.344 e. The predicted molar refractivity (Wildman–Crippen MR) is 111 cm³/mol. The molecule has 0 spiro atoms. The fraction of sp³-hybridized carbons (Fsp3) is 0.333. The molecule has 10 heteroatoms. The van der Waals surface area contributed by atoms with E-state index in [2.05, 4.69) is 15.8 Å². The topological polar surface area (TPSA) is 120 Å². The van der Waals surface area contributed by atoms with Crippen molar-refractivity contribution in [2.75, 3.05) is 13.2 Å². The number of hydrogen-bond donors (Lipinski definition) is 2. The van der Waals surface area contributed by atoms with Gasteiger partial charge >= 0.3 is 18.0 Å².